The Balaban J connectivity index is 1.71. The minimum atomic E-state index is 1.23. The Morgan fingerprint density at radius 3 is 2.72 bits per heavy atom. The molecule has 0 aromatic heterocycles. The first-order valence-corrected chi connectivity index (χ1v) is 8.79. The molecule has 0 bridgehead atoms. The summed E-state index contributed by atoms with van der Waals surface area (Å²) in [5, 5.41) is 0. The molecule has 0 radical (unpaired) electrons. The third-order valence-corrected chi connectivity index (χ3v) is 6.58. The number of benzene rings is 2. The van der Waals surface area contributed by atoms with Gasteiger partial charge in [0.25, 0.3) is 0 Å². The minimum absolute atomic E-state index is 1.23. The molecule has 0 fully saturated rings. The van der Waals surface area contributed by atoms with Crippen molar-refractivity contribution >= 4 is 35.3 Å². The van der Waals surface area contributed by atoms with E-state index in [0.717, 1.165) is 0 Å². The maximum atomic E-state index is 2.31. The first kappa shape index (κ1) is 11.3. The fourth-order valence-electron chi connectivity index (χ4n) is 2.17. The van der Waals surface area contributed by atoms with Gasteiger partial charge >= 0.3 is 0 Å². The summed E-state index contributed by atoms with van der Waals surface area (Å²) in [6.45, 7) is 2.24. The van der Waals surface area contributed by atoms with Crippen molar-refractivity contribution in [1.82, 2.24) is 0 Å². The lowest BCUT2D eigenvalue weighted by molar-refractivity contribution is 1.10. The lowest BCUT2D eigenvalue weighted by atomic mass is 10.1. The molecule has 0 unspecified atom stereocenters. The predicted octanol–water partition coefficient (Wildman–Crippen LogP) is 5.78. The molecule has 2 aliphatic heterocycles. The Morgan fingerprint density at radius 2 is 1.83 bits per heavy atom. The van der Waals surface area contributed by atoms with E-state index in [1.165, 1.54) is 47.8 Å². The predicted molar refractivity (Wildman–Crippen MR) is 81.1 cm³/mol. The zero-order valence-electron chi connectivity index (χ0n) is 10.0. The van der Waals surface area contributed by atoms with E-state index in [-0.39, 0.29) is 0 Å². The van der Waals surface area contributed by atoms with E-state index in [4.69, 9.17) is 0 Å². The Morgan fingerprint density at radius 1 is 0.944 bits per heavy atom. The van der Waals surface area contributed by atoms with E-state index in [1.54, 1.807) is 0 Å². The number of thioether (sulfide) groups is 1. The molecular formula is C15H12S3. The number of hydrogen-bond acceptors (Lipinski definition) is 3. The normalized spacial score (nSPS) is 14.1. The van der Waals surface area contributed by atoms with Gasteiger partial charge in [0.05, 0.1) is 0 Å². The van der Waals surface area contributed by atoms with Crippen LogP contribution in [0, 0.1) is 0 Å². The van der Waals surface area contributed by atoms with Gasteiger partial charge in [0.2, 0.25) is 0 Å². The second kappa shape index (κ2) is 4.26. The van der Waals surface area contributed by atoms with Gasteiger partial charge in [-0.25, -0.2) is 0 Å². The van der Waals surface area contributed by atoms with Gasteiger partial charge in [0.15, 0.2) is 0 Å². The highest BCUT2D eigenvalue weighted by Crippen LogP contribution is 2.61. The molecule has 3 heteroatoms. The molecule has 0 aliphatic carbocycles. The zero-order chi connectivity index (χ0) is 12.1. The lowest BCUT2D eigenvalue weighted by Crippen LogP contribution is -1.78. The highest BCUT2D eigenvalue weighted by molar-refractivity contribution is 8.06. The molecule has 2 aliphatic rings. The molecule has 90 valence electrons. The van der Waals surface area contributed by atoms with Crippen molar-refractivity contribution < 1.29 is 0 Å². The summed E-state index contributed by atoms with van der Waals surface area (Å²) in [7, 11) is 0. The maximum absolute atomic E-state index is 2.31. The van der Waals surface area contributed by atoms with Crippen LogP contribution in [0.4, 0.5) is 0 Å². The number of fused-ring (bicyclic) bond motifs is 2. The third kappa shape index (κ3) is 1.80. The molecule has 2 aromatic rings. The van der Waals surface area contributed by atoms with E-state index in [9.17, 15) is 0 Å². The Hall–Kier alpha value is -0.510. The van der Waals surface area contributed by atoms with E-state index in [0.29, 0.717) is 0 Å². The summed E-state index contributed by atoms with van der Waals surface area (Å²) in [5.74, 6) is 1.23. The van der Waals surface area contributed by atoms with Crippen LogP contribution < -0.4 is 0 Å². The van der Waals surface area contributed by atoms with Crippen molar-refractivity contribution in [3.05, 3.63) is 30.3 Å². The monoisotopic (exact) mass is 288 g/mol. The smallest absolute Gasteiger partial charge is 0.0404 e. The van der Waals surface area contributed by atoms with Crippen LogP contribution in [-0.4, -0.2) is 5.75 Å². The topological polar surface area (TPSA) is 0 Å². The highest BCUT2D eigenvalue weighted by atomic mass is 32.2. The van der Waals surface area contributed by atoms with Crippen LogP contribution >= 0.6 is 35.3 Å². The summed E-state index contributed by atoms with van der Waals surface area (Å²) in [6, 6.07) is 11.3. The van der Waals surface area contributed by atoms with Gasteiger partial charge in [-0.1, -0.05) is 48.6 Å². The highest BCUT2D eigenvalue weighted by Gasteiger charge is 2.31. The van der Waals surface area contributed by atoms with E-state index >= 15 is 0 Å². The largest absolute Gasteiger partial charge is 0.125 e. The SMILES string of the molecule is CCCSc1ccc(-c2cccc3c2S3)c2c1S2. The molecule has 0 saturated heterocycles. The van der Waals surface area contributed by atoms with Crippen molar-refractivity contribution in [2.75, 3.05) is 5.75 Å². The number of rotatable bonds is 4. The molecule has 0 spiro atoms. The van der Waals surface area contributed by atoms with Crippen LogP contribution in [0.2, 0.25) is 0 Å². The second-order valence-corrected chi connectivity index (χ2v) is 7.66. The van der Waals surface area contributed by atoms with Crippen LogP contribution in [0.25, 0.3) is 11.1 Å². The van der Waals surface area contributed by atoms with Gasteiger partial charge in [0, 0.05) is 24.5 Å². The molecule has 2 aromatic carbocycles. The fraction of sp³-hybridized carbons (Fsp3) is 0.200. The van der Waals surface area contributed by atoms with Crippen LogP contribution in [0.15, 0.2) is 54.8 Å². The van der Waals surface area contributed by atoms with E-state index < -0.39 is 0 Å². The molecule has 0 atom stereocenters. The summed E-state index contributed by atoms with van der Waals surface area (Å²) < 4.78 is 0. The minimum Gasteiger partial charge on any atom is -0.125 e. The van der Waals surface area contributed by atoms with Crippen molar-refractivity contribution in [3.63, 3.8) is 0 Å². The Kier molecular flexibility index (Phi) is 2.68. The Labute approximate surface area is 120 Å². The van der Waals surface area contributed by atoms with Crippen molar-refractivity contribution in [3.8, 4) is 11.1 Å². The van der Waals surface area contributed by atoms with Crippen molar-refractivity contribution in [2.45, 2.75) is 37.8 Å². The van der Waals surface area contributed by atoms with Gasteiger partial charge in [-0.3, -0.25) is 0 Å². The van der Waals surface area contributed by atoms with Crippen LogP contribution in [0.1, 0.15) is 13.3 Å². The molecule has 18 heavy (non-hydrogen) atoms. The summed E-state index contributed by atoms with van der Waals surface area (Å²) in [4.78, 5) is 7.45. The molecule has 0 saturated carbocycles. The van der Waals surface area contributed by atoms with Gasteiger partial charge in [0.1, 0.15) is 0 Å². The summed E-state index contributed by atoms with van der Waals surface area (Å²) >= 11 is 5.87. The standard InChI is InChI=1S/C15H12S3/c1-2-8-16-11-7-6-10(14-15(11)18-14)9-4-3-5-12-13(9)17-12/h3-7H,2,8H2,1H3. The van der Waals surface area contributed by atoms with Gasteiger partial charge in [-0.05, 0) is 35.4 Å². The summed E-state index contributed by atoms with van der Waals surface area (Å²) in [6.07, 6.45) is 1.24. The molecule has 4 rings (SSSR count). The van der Waals surface area contributed by atoms with Gasteiger partial charge < -0.3 is 0 Å². The van der Waals surface area contributed by atoms with Crippen LogP contribution in [0.5, 0.6) is 0 Å². The first-order chi connectivity index (χ1) is 8.88. The first-order valence-electron chi connectivity index (χ1n) is 6.17. The third-order valence-electron chi connectivity index (χ3n) is 3.14. The van der Waals surface area contributed by atoms with Crippen LogP contribution in [0.3, 0.4) is 0 Å². The van der Waals surface area contributed by atoms with E-state index in [2.05, 4.69) is 37.3 Å². The Bertz CT molecular complexity index is 646. The maximum Gasteiger partial charge on any atom is 0.0404 e. The molecule has 0 amide bonds. The average Bonchev–Trinajstić information content (AvgIpc) is 3.26. The molecular weight excluding hydrogens is 276 g/mol. The number of hydrogen-bond donors (Lipinski definition) is 0. The summed E-state index contributed by atoms with van der Waals surface area (Å²) in [5.41, 5.74) is 2.88. The molecule has 0 nitrogen and oxygen atoms in total. The zero-order valence-corrected chi connectivity index (χ0v) is 12.5. The average molecular weight is 288 g/mol. The van der Waals surface area contributed by atoms with E-state index in [1.807, 2.05) is 35.3 Å². The fourth-order valence-corrected chi connectivity index (χ4v) is 4.96. The quantitative estimate of drug-likeness (QED) is 0.345. The van der Waals surface area contributed by atoms with Gasteiger partial charge in [-0.2, -0.15) is 0 Å². The molecule has 2 heterocycles. The second-order valence-electron chi connectivity index (χ2n) is 4.45. The van der Waals surface area contributed by atoms with Crippen LogP contribution in [-0.2, 0) is 0 Å². The van der Waals surface area contributed by atoms with Gasteiger partial charge in [-0.15, -0.1) is 11.8 Å². The van der Waals surface area contributed by atoms with Crippen molar-refractivity contribution in [1.29, 1.82) is 0 Å². The molecule has 0 N–H and O–H groups in total. The van der Waals surface area contributed by atoms with Crippen molar-refractivity contribution in [2.24, 2.45) is 0 Å². The lowest BCUT2D eigenvalue weighted by Gasteiger charge is -2.01.